The van der Waals surface area contributed by atoms with Crippen LogP contribution in [0.25, 0.3) is 0 Å². The fourth-order valence-electron chi connectivity index (χ4n) is 4.23. The molecule has 27 heavy (non-hydrogen) atoms. The van der Waals surface area contributed by atoms with E-state index in [0.717, 1.165) is 0 Å². The minimum Gasteiger partial charge on any atom is -0.383 e. The standard InChI is InChI=1S/C17H22ClN3O5S/c1-25-7-6-21-11-17-10-20(9-14(26-17)8-15(17)27(21,23)24)16(22)19-13-4-2-12(18)3-5-13/h2-5,14-15H,6-11H2,1H3,(H,19,22)/t14-,15+,17+/m1/s1. The lowest BCUT2D eigenvalue weighted by atomic mass is 9.99. The lowest BCUT2D eigenvalue weighted by Gasteiger charge is -2.39. The summed E-state index contributed by atoms with van der Waals surface area (Å²) in [6, 6.07) is 6.59. The van der Waals surface area contributed by atoms with Crippen molar-refractivity contribution in [3.05, 3.63) is 29.3 Å². The highest BCUT2D eigenvalue weighted by molar-refractivity contribution is 7.90. The van der Waals surface area contributed by atoms with Gasteiger partial charge in [0.25, 0.3) is 0 Å². The summed E-state index contributed by atoms with van der Waals surface area (Å²) in [7, 11) is -1.92. The lowest BCUT2D eigenvalue weighted by molar-refractivity contribution is -0.0947. The lowest BCUT2D eigenvalue weighted by Crippen LogP contribution is -2.57. The van der Waals surface area contributed by atoms with Crippen molar-refractivity contribution in [1.29, 1.82) is 0 Å². The number of amides is 2. The van der Waals surface area contributed by atoms with Crippen molar-refractivity contribution in [1.82, 2.24) is 9.21 Å². The molecule has 4 rings (SSSR count). The van der Waals surface area contributed by atoms with E-state index in [-0.39, 0.29) is 25.2 Å². The highest BCUT2D eigenvalue weighted by atomic mass is 35.5. The van der Waals surface area contributed by atoms with Crippen LogP contribution >= 0.6 is 11.6 Å². The molecule has 1 spiro atoms. The van der Waals surface area contributed by atoms with Crippen LogP contribution in [0.4, 0.5) is 10.5 Å². The summed E-state index contributed by atoms with van der Waals surface area (Å²) in [5, 5.41) is 2.82. The number of hydrogen-bond donors (Lipinski definition) is 1. The molecule has 8 nitrogen and oxygen atoms in total. The highest BCUT2D eigenvalue weighted by Crippen LogP contribution is 2.46. The third kappa shape index (κ3) is 3.31. The van der Waals surface area contributed by atoms with Crippen molar-refractivity contribution in [3.8, 4) is 0 Å². The smallest absolute Gasteiger partial charge is 0.322 e. The van der Waals surface area contributed by atoms with Crippen molar-refractivity contribution in [2.75, 3.05) is 45.2 Å². The van der Waals surface area contributed by atoms with Crippen LogP contribution in [0.1, 0.15) is 6.42 Å². The largest absolute Gasteiger partial charge is 0.383 e. The van der Waals surface area contributed by atoms with Gasteiger partial charge in [0, 0.05) is 37.5 Å². The van der Waals surface area contributed by atoms with E-state index in [2.05, 4.69) is 5.32 Å². The Labute approximate surface area is 163 Å². The number of carbonyl (C=O) groups excluding carboxylic acids is 1. The molecule has 0 aliphatic carbocycles. The molecule has 148 valence electrons. The molecule has 0 unspecified atom stereocenters. The van der Waals surface area contributed by atoms with Gasteiger partial charge in [0.2, 0.25) is 10.0 Å². The number of hydrogen-bond acceptors (Lipinski definition) is 5. The van der Waals surface area contributed by atoms with Gasteiger partial charge in [0.05, 0.1) is 19.3 Å². The number of urea groups is 1. The van der Waals surface area contributed by atoms with Crippen molar-refractivity contribution in [2.45, 2.75) is 23.4 Å². The molecule has 2 amide bonds. The van der Waals surface area contributed by atoms with Gasteiger partial charge in [-0.05, 0) is 30.7 Å². The van der Waals surface area contributed by atoms with Gasteiger partial charge in [0.1, 0.15) is 10.9 Å². The number of sulfonamides is 1. The number of anilines is 1. The molecule has 3 aliphatic rings. The van der Waals surface area contributed by atoms with Crippen molar-refractivity contribution in [3.63, 3.8) is 0 Å². The summed E-state index contributed by atoms with van der Waals surface area (Å²) in [5.74, 6) is 0. The normalized spacial score (nSPS) is 31.7. The predicted molar refractivity (Wildman–Crippen MR) is 100 cm³/mol. The zero-order valence-electron chi connectivity index (χ0n) is 14.9. The summed E-state index contributed by atoms with van der Waals surface area (Å²) >= 11 is 5.87. The molecule has 0 radical (unpaired) electrons. The van der Waals surface area contributed by atoms with Gasteiger partial charge in [0.15, 0.2) is 0 Å². The second-order valence-corrected chi connectivity index (χ2v) is 9.77. The second-order valence-electron chi connectivity index (χ2n) is 7.22. The molecular formula is C17H22ClN3O5S. The first-order chi connectivity index (χ1) is 12.8. The van der Waals surface area contributed by atoms with Gasteiger partial charge in [-0.1, -0.05) is 11.6 Å². The van der Waals surface area contributed by atoms with Crippen LogP contribution in [0.3, 0.4) is 0 Å². The van der Waals surface area contributed by atoms with Crippen LogP contribution in [-0.2, 0) is 19.5 Å². The summed E-state index contributed by atoms with van der Waals surface area (Å²) in [5.41, 5.74) is -0.231. The molecule has 2 bridgehead atoms. The third-order valence-electron chi connectivity index (χ3n) is 5.44. The zero-order valence-corrected chi connectivity index (χ0v) is 16.5. The number of benzene rings is 1. The number of nitrogens with one attached hydrogen (secondary N) is 1. The molecule has 3 fully saturated rings. The number of likely N-dealkylation sites (tertiary alicyclic amines) is 1. The molecule has 3 aliphatic heterocycles. The Morgan fingerprint density at radius 2 is 2.11 bits per heavy atom. The Hall–Kier alpha value is -1.39. The van der Waals surface area contributed by atoms with Crippen LogP contribution in [-0.4, -0.2) is 80.5 Å². The van der Waals surface area contributed by atoms with Gasteiger partial charge >= 0.3 is 6.03 Å². The molecular weight excluding hydrogens is 394 g/mol. The van der Waals surface area contributed by atoms with Crippen LogP contribution in [0.15, 0.2) is 24.3 Å². The summed E-state index contributed by atoms with van der Waals surface area (Å²) in [4.78, 5) is 14.4. The maximum Gasteiger partial charge on any atom is 0.322 e. The fraction of sp³-hybridized carbons (Fsp3) is 0.588. The van der Waals surface area contributed by atoms with E-state index in [1.54, 1.807) is 29.2 Å². The van der Waals surface area contributed by atoms with Gasteiger partial charge in [-0.3, -0.25) is 0 Å². The first kappa shape index (κ1) is 18.9. The quantitative estimate of drug-likeness (QED) is 0.802. The van der Waals surface area contributed by atoms with E-state index in [1.165, 1.54) is 11.4 Å². The SMILES string of the molecule is COCCN1C[C@@]23CN(C(=O)Nc4ccc(Cl)cc4)C[C@@H](C[C@@H]2S1(=O)=O)O3. The number of halogens is 1. The van der Waals surface area contributed by atoms with E-state index in [0.29, 0.717) is 36.8 Å². The molecule has 1 aromatic rings. The van der Waals surface area contributed by atoms with Crippen LogP contribution in [0.2, 0.25) is 5.02 Å². The first-order valence-corrected chi connectivity index (χ1v) is 10.7. The molecule has 0 aromatic heterocycles. The van der Waals surface area contributed by atoms with Crippen LogP contribution in [0.5, 0.6) is 0 Å². The minimum atomic E-state index is -3.46. The van der Waals surface area contributed by atoms with Gasteiger partial charge in [-0.15, -0.1) is 0 Å². The monoisotopic (exact) mass is 415 g/mol. The van der Waals surface area contributed by atoms with Crippen molar-refractivity contribution >= 4 is 33.3 Å². The van der Waals surface area contributed by atoms with Crippen molar-refractivity contribution in [2.24, 2.45) is 0 Å². The topological polar surface area (TPSA) is 88.2 Å². The average Bonchev–Trinajstić information content (AvgIpc) is 3.00. The average molecular weight is 416 g/mol. The zero-order chi connectivity index (χ0) is 19.2. The van der Waals surface area contributed by atoms with Crippen LogP contribution in [0, 0.1) is 0 Å². The number of carbonyl (C=O) groups is 1. The van der Waals surface area contributed by atoms with Gasteiger partial charge < -0.3 is 19.7 Å². The van der Waals surface area contributed by atoms with Crippen LogP contribution < -0.4 is 5.32 Å². The third-order valence-corrected chi connectivity index (χ3v) is 8.06. The van der Waals surface area contributed by atoms with E-state index < -0.39 is 20.9 Å². The Morgan fingerprint density at radius 1 is 1.37 bits per heavy atom. The fourth-order valence-corrected chi connectivity index (χ4v) is 6.65. The Kier molecular flexibility index (Phi) is 4.84. The molecule has 1 aromatic carbocycles. The van der Waals surface area contributed by atoms with E-state index in [9.17, 15) is 13.2 Å². The van der Waals surface area contributed by atoms with Crippen molar-refractivity contribution < 1.29 is 22.7 Å². The number of ether oxygens (including phenoxy) is 2. The maximum absolute atomic E-state index is 12.9. The molecule has 0 saturated carbocycles. The van der Waals surface area contributed by atoms with E-state index >= 15 is 0 Å². The molecule has 3 atom stereocenters. The molecule has 3 saturated heterocycles. The Balaban J connectivity index is 1.50. The molecule has 10 heteroatoms. The number of morpholine rings is 1. The van der Waals surface area contributed by atoms with Gasteiger partial charge in [-0.25, -0.2) is 13.2 Å². The first-order valence-electron chi connectivity index (χ1n) is 8.81. The summed E-state index contributed by atoms with van der Waals surface area (Å²) in [6.07, 6.45) is 0.148. The van der Waals surface area contributed by atoms with E-state index in [4.69, 9.17) is 21.1 Å². The number of fused-ring (bicyclic) bond motifs is 1. The maximum atomic E-state index is 12.9. The molecule has 3 heterocycles. The summed E-state index contributed by atoms with van der Waals surface area (Å²) < 4.78 is 38.3. The predicted octanol–water partition coefficient (Wildman–Crippen LogP) is 1.38. The van der Waals surface area contributed by atoms with E-state index in [1.807, 2.05) is 0 Å². The number of nitrogens with zero attached hydrogens (tertiary/aromatic N) is 2. The van der Waals surface area contributed by atoms with Gasteiger partial charge in [-0.2, -0.15) is 4.31 Å². The highest BCUT2D eigenvalue weighted by Gasteiger charge is 2.65. The Bertz CT molecular complexity index is 833. The number of methoxy groups -OCH3 is 1. The Morgan fingerprint density at radius 3 is 2.81 bits per heavy atom. The number of rotatable bonds is 4. The minimum absolute atomic E-state index is 0.246. The molecule has 1 N–H and O–H groups in total. The second kappa shape index (κ2) is 6.89. The summed E-state index contributed by atoms with van der Waals surface area (Å²) in [6.45, 7) is 1.50.